The Morgan fingerprint density at radius 3 is 2.81 bits per heavy atom. The molecule has 0 bridgehead atoms. The van der Waals surface area contributed by atoms with E-state index in [2.05, 4.69) is 10.3 Å². The van der Waals surface area contributed by atoms with Gasteiger partial charge in [-0.1, -0.05) is 29.8 Å². The van der Waals surface area contributed by atoms with Crippen LogP contribution in [-0.2, 0) is 20.7 Å². The highest BCUT2D eigenvalue weighted by Crippen LogP contribution is 2.20. The molecule has 0 fully saturated rings. The third kappa shape index (κ3) is 4.86. The predicted molar refractivity (Wildman–Crippen MR) is 103 cm³/mol. The van der Waals surface area contributed by atoms with Crippen molar-refractivity contribution in [2.24, 2.45) is 0 Å². The number of anilines is 1. The van der Waals surface area contributed by atoms with Gasteiger partial charge in [0.15, 0.2) is 17.6 Å². The molecule has 2 aromatic carbocycles. The highest BCUT2D eigenvalue weighted by atomic mass is 35.5. The van der Waals surface area contributed by atoms with E-state index in [0.29, 0.717) is 28.6 Å². The number of ether oxygens (including phenoxy) is 1. The molecule has 1 aromatic heterocycles. The van der Waals surface area contributed by atoms with Crippen molar-refractivity contribution in [3.8, 4) is 0 Å². The second kappa shape index (κ2) is 8.22. The number of carbonyl (C=O) groups is 2. The number of amides is 1. The van der Waals surface area contributed by atoms with E-state index in [1.165, 1.54) is 6.92 Å². The van der Waals surface area contributed by atoms with Crippen LogP contribution >= 0.6 is 11.6 Å². The molecule has 0 saturated carbocycles. The zero-order chi connectivity index (χ0) is 19.4. The second-order valence-corrected chi connectivity index (χ2v) is 6.59. The molecule has 1 amide bonds. The van der Waals surface area contributed by atoms with E-state index >= 15 is 0 Å². The molecular weight excluding hydrogens is 368 g/mol. The third-order valence-electron chi connectivity index (χ3n) is 4.02. The smallest absolute Gasteiger partial charge is 0.307 e. The molecule has 0 radical (unpaired) electrons. The number of rotatable bonds is 6. The number of benzene rings is 2. The first-order valence-corrected chi connectivity index (χ1v) is 8.91. The molecular formula is C20H19ClN2O4. The number of nitrogens with zero attached hydrogens (tertiary/aromatic N) is 1. The lowest BCUT2D eigenvalue weighted by Gasteiger charge is -2.14. The Hall–Kier alpha value is -2.86. The minimum absolute atomic E-state index is 0.0701. The van der Waals surface area contributed by atoms with Crippen LogP contribution in [0.1, 0.15) is 24.8 Å². The first kappa shape index (κ1) is 18.9. The summed E-state index contributed by atoms with van der Waals surface area (Å²) in [6.45, 7) is 3.37. The summed E-state index contributed by atoms with van der Waals surface area (Å²) in [6, 6.07) is 12.6. The Morgan fingerprint density at radius 2 is 2.04 bits per heavy atom. The van der Waals surface area contributed by atoms with Gasteiger partial charge in [0.2, 0.25) is 0 Å². The van der Waals surface area contributed by atoms with Crippen molar-refractivity contribution in [1.29, 1.82) is 0 Å². The van der Waals surface area contributed by atoms with Gasteiger partial charge in [0.05, 0.1) is 6.42 Å². The Bertz CT molecular complexity index is 950. The average molecular weight is 387 g/mol. The van der Waals surface area contributed by atoms with Gasteiger partial charge in [0, 0.05) is 17.1 Å². The van der Waals surface area contributed by atoms with E-state index in [-0.39, 0.29) is 6.42 Å². The lowest BCUT2D eigenvalue weighted by Crippen LogP contribution is -2.30. The van der Waals surface area contributed by atoms with E-state index in [0.717, 1.165) is 11.1 Å². The van der Waals surface area contributed by atoms with Gasteiger partial charge in [-0.3, -0.25) is 9.59 Å². The molecule has 1 heterocycles. The fourth-order valence-corrected chi connectivity index (χ4v) is 2.68. The minimum Gasteiger partial charge on any atom is -0.453 e. The molecule has 3 aromatic rings. The molecule has 0 saturated heterocycles. The van der Waals surface area contributed by atoms with E-state index in [1.54, 1.807) is 18.2 Å². The number of nitrogens with one attached hydrogen (secondary N) is 1. The fraction of sp³-hybridized carbons (Fsp3) is 0.250. The van der Waals surface area contributed by atoms with Crippen LogP contribution in [0.2, 0.25) is 5.02 Å². The number of hydrogen-bond acceptors (Lipinski definition) is 5. The van der Waals surface area contributed by atoms with Crippen molar-refractivity contribution in [2.75, 3.05) is 5.32 Å². The predicted octanol–water partition coefficient (Wildman–Crippen LogP) is 4.29. The maximum atomic E-state index is 12.2. The molecule has 0 spiro atoms. The molecule has 1 atom stereocenters. The normalized spacial score (nSPS) is 12.0. The maximum absolute atomic E-state index is 12.2. The number of fused-ring (bicyclic) bond motifs is 1. The molecule has 6 nitrogen and oxygen atoms in total. The van der Waals surface area contributed by atoms with Gasteiger partial charge in [0.25, 0.3) is 5.91 Å². The zero-order valence-electron chi connectivity index (χ0n) is 15.0. The summed E-state index contributed by atoms with van der Waals surface area (Å²) >= 11 is 5.94. The van der Waals surface area contributed by atoms with E-state index in [4.69, 9.17) is 20.8 Å². The Morgan fingerprint density at radius 1 is 1.26 bits per heavy atom. The van der Waals surface area contributed by atoms with Crippen LogP contribution < -0.4 is 5.32 Å². The van der Waals surface area contributed by atoms with Crippen molar-refractivity contribution in [2.45, 2.75) is 32.8 Å². The standard InChI is InChI=1S/C20H19ClN2O4/c1-12-7-8-14(21)11-16(12)23-20(25)13(2)26-19(24)10-9-18-22-15-5-3-4-6-17(15)27-18/h3-8,11,13H,9-10H2,1-2H3,(H,23,25)/t13-/m1/s1. The molecule has 7 heteroatoms. The summed E-state index contributed by atoms with van der Waals surface area (Å²) in [5.74, 6) is -0.460. The first-order chi connectivity index (χ1) is 12.9. The molecule has 0 aliphatic heterocycles. The molecule has 0 unspecified atom stereocenters. The van der Waals surface area contributed by atoms with Crippen molar-refractivity contribution < 1.29 is 18.7 Å². The van der Waals surface area contributed by atoms with Crippen LogP contribution in [0, 0.1) is 6.92 Å². The van der Waals surface area contributed by atoms with Crippen LogP contribution in [0.15, 0.2) is 46.9 Å². The van der Waals surface area contributed by atoms with Crippen LogP contribution in [0.3, 0.4) is 0 Å². The van der Waals surface area contributed by atoms with Gasteiger partial charge in [-0.25, -0.2) is 4.98 Å². The molecule has 27 heavy (non-hydrogen) atoms. The van der Waals surface area contributed by atoms with E-state index in [9.17, 15) is 9.59 Å². The Labute approximate surface area is 161 Å². The van der Waals surface area contributed by atoms with Crippen molar-refractivity contribution in [1.82, 2.24) is 4.98 Å². The topological polar surface area (TPSA) is 81.4 Å². The zero-order valence-corrected chi connectivity index (χ0v) is 15.7. The fourth-order valence-electron chi connectivity index (χ4n) is 2.51. The number of aryl methyl sites for hydroxylation is 2. The Kier molecular flexibility index (Phi) is 5.76. The summed E-state index contributed by atoms with van der Waals surface area (Å²) in [4.78, 5) is 28.6. The maximum Gasteiger partial charge on any atom is 0.307 e. The van der Waals surface area contributed by atoms with Crippen molar-refractivity contribution >= 4 is 40.3 Å². The number of halogens is 1. The number of hydrogen-bond donors (Lipinski definition) is 1. The van der Waals surface area contributed by atoms with Crippen molar-refractivity contribution in [3.63, 3.8) is 0 Å². The first-order valence-electron chi connectivity index (χ1n) is 8.53. The summed E-state index contributed by atoms with van der Waals surface area (Å²) in [5.41, 5.74) is 2.86. The van der Waals surface area contributed by atoms with Crippen LogP contribution in [0.25, 0.3) is 11.1 Å². The lowest BCUT2D eigenvalue weighted by atomic mass is 10.2. The summed E-state index contributed by atoms with van der Waals surface area (Å²) < 4.78 is 10.8. The number of oxazole rings is 1. The largest absolute Gasteiger partial charge is 0.453 e. The van der Waals surface area contributed by atoms with E-state index < -0.39 is 18.0 Å². The van der Waals surface area contributed by atoms with E-state index in [1.807, 2.05) is 31.2 Å². The SMILES string of the molecule is Cc1ccc(Cl)cc1NC(=O)[C@@H](C)OC(=O)CCc1nc2ccccc2o1. The number of esters is 1. The van der Waals surface area contributed by atoms with Gasteiger partial charge in [-0.2, -0.15) is 0 Å². The van der Waals surface area contributed by atoms with Crippen molar-refractivity contribution in [3.05, 3.63) is 58.9 Å². The highest BCUT2D eigenvalue weighted by Gasteiger charge is 2.19. The molecule has 0 aliphatic carbocycles. The lowest BCUT2D eigenvalue weighted by molar-refractivity contribution is -0.153. The summed E-state index contributed by atoms with van der Waals surface area (Å²) in [6.07, 6.45) is -0.560. The third-order valence-corrected chi connectivity index (χ3v) is 4.25. The monoisotopic (exact) mass is 386 g/mol. The minimum atomic E-state index is -0.931. The quantitative estimate of drug-likeness (QED) is 0.639. The van der Waals surface area contributed by atoms with Crippen LogP contribution in [-0.4, -0.2) is 23.0 Å². The number of aromatic nitrogens is 1. The van der Waals surface area contributed by atoms with Gasteiger partial charge < -0.3 is 14.5 Å². The van der Waals surface area contributed by atoms with Gasteiger partial charge in [0.1, 0.15) is 5.52 Å². The molecule has 3 rings (SSSR count). The van der Waals surface area contributed by atoms with Crippen LogP contribution in [0.4, 0.5) is 5.69 Å². The average Bonchev–Trinajstić information content (AvgIpc) is 3.06. The number of carbonyl (C=O) groups excluding carboxylic acids is 2. The van der Waals surface area contributed by atoms with Gasteiger partial charge >= 0.3 is 5.97 Å². The van der Waals surface area contributed by atoms with Crippen LogP contribution in [0.5, 0.6) is 0 Å². The van der Waals surface area contributed by atoms with Gasteiger partial charge in [-0.05, 0) is 43.7 Å². The Balaban J connectivity index is 1.52. The molecule has 1 N–H and O–H groups in total. The summed E-state index contributed by atoms with van der Waals surface area (Å²) in [5, 5.41) is 3.23. The molecule has 140 valence electrons. The second-order valence-electron chi connectivity index (χ2n) is 6.16. The van der Waals surface area contributed by atoms with Gasteiger partial charge in [-0.15, -0.1) is 0 Å². The number of para-hydroxylation sites is 2. The molecule has 0 aliphatic rings. The summed E-state index contributed by atoms with van der Waals surface area (Å²) in [7, 11) is 0. The highest BCUT2D eigenvalue weighted by molar-refractivity contribution is 6.31.